The first-order valence-corrected chi connectivity index (χ1v) is 6.97. The minimum absolute atomic E-state index is 0.0896. The average molecular weight is 302 g/mol. The molecule has 3 aromatic rings. The van der Waals surface area contributed by atoms with Gasteiger partial charge in [0, 0.05) is 11.6 Å². The minimum atomic E-state index is -1.07. The van der Waals surface area contributed by atoms with E-state index in [0.717, 1.165) is 10.9 Å². The second-order valence-corrected chi connectivity index (χ2v) is 5.45. The van der Waals surface area contributed by atoms with Crippen LogP contribution in [0.2, 0.25) is 0 Å². The quantitative estimate of drug-likeness (QED) is 0.761. The molecule has 0 saturated carbocycles. The Labute approximate surface area is 124 Å². The van der Waals surface area contributed by atoms with Crippen LogP contribution in [0.1, 0.15) is 15.9 Å². The van der Waals surface area contributed by atoms with Crippen molar-refractivity contribution in [3.63, 3.8) is 0 Å². The van der Waals surface area contributed by atoms with E-state index in [0.29, 0.717) is 10.4 Å². The molecule has 0 unspecified atom stereocenters. The van der Waals surface area contributed by atoms with Crippen molar-refractivity contribution < 1.29 is 14.3 Å². The van der Waals surface area contributed by atoms with Gasteiger partial charge < -0.3 is 10.4 Å². The molecule has 0 atom stereocenters. The summed E-state index contributed by atoms with van der Waals surface area (Å²) in [6.07, 6.45) is 1.66. The van der Waals surface area contributed by atoms with Crippen LogP contribution in [0.25, 0.3) is 10.1 Å². The zero-order valence-electron chi connectivity index (χ0n) is 11.1. The number of carbonyl (C=O) groups is 1. The van der Waals surface area contributed by atoms with E-state index in [1.807, 2.05) is 0 Å². The molecule has 0 amide bonds. The monoisotopic (exact) mass is 302 g/mol. The van der Waals surface area contributed by atoms with Crippen molar-refractivity contribution in [1.82, 2.24) is 4.37 Å². The summed E-state index contributed by atoms with van der Waals surface area (Å²) in [6.45, 7) is 1.79. The van der Waals surface area contributed by atoms with Gasteiger partial charge in [-0.05, 0) is 42.2 Å². The first-order valence-electron chi connectivity index (χ1n) is 6.20. The molecule has 6 heteroatoms. The van der Waals surface area contributed by atoms with Crippen molar-refractivity contribution >= 4 is 39.0 Å². The summed E-state index contributed by atoms with van der Waals surface area (Å²) in [5.74, 6) is -1.49. The third kappa shape index (κ3) is 2.45. The third-order valence-corrected chi connectivity index (χ3v) is 3.97. The summed E-state index contributed by atoms with van der Waals surface area (Å²) in [5, 5.41) is 13.0. The van der Waals surface area contributed by atoms with Crippen LogP contribution in [-0.2, 0) is 0 Å². The van der Waals surface area contributed by atoms with Gasteiger partial charge in [0.25, 0.3) is 0 Å². The Kier molecular flexibility index (Phi) is 3.31. The topological polar surface area (TPSA) is 62.2 Å². The van der Waals surface area contributed by atoms with Gasteiger partial charge in [0.15, 0.2) is 0 Å². The maximum atomic E-state index is 14.0. The van der Waals surface area contributed by atoms with Crippen LogP contribution in [0.3, 0.4) is 0 Å². The molecule has 0 spiro atoms. The highest BCUT2D eigenvalue weighted by Crippen LogP contribution is 2.33. The summed E-state index contributed by atoms with van der Waals surface area (Å²) in [5.41, 5.74) is 1.49. The molecule has 0 radical (unpaired) electrons. The predicted molar refractivity (Wildman–Crippen MR) is 81.0 cm³/mol. The summed E-state index contributed by atoms with van der Waals surface area (Å²) in [6, 6.07) is 7.94. The van der Waals surface area contributed by atoms with E-state index in [4.69, 9.17) is 0 Å². The van der Waals surface area contributed by atoms with E-state index < -0.39 is 11.8 Å². The minimum Gasteiger partial charge on any atom is -0.478 e. The predicted octanol–water partition coefficient (Wildman–Crippen LogP) is 4.19. The Hall–Kier alpha value is -2.47. The molecular formula is C15H11FN2O2S. The molecule has 3 rings (SSSR count). The van der Waals surface area contributed by atoms with E-state index in [2.05, 4.69) is 9.69 Å². The van der Waals surface area contributed by atoms with Gasteiger partial charge in [-0.15, -0.1) is 0 Å². The van der Waals surface area contributed by atoms with Crippen molar-refractivity contribution in [2.24, 2.45) is 0 Å². The fraction of sp³-hybridized carbons (Fsp3) is 0.0667. The number of nitrogens with zero attached hydrogens (tertiary/aromatic N) is 1. The maximum Gasteiger partial charge on any atom is 0.337 e. The van der Waals surface area contributed by atoms with Gasteiger partial charge in [-0.1, -0.05) is 12.1 Å². The molecule has 0 bridgehead atoms. The molecule has 0 fully saturated rings. The number of hydrogen-bond acceptors (Lipinski definition) is 4. The molecule has 4 nitrogen and oxygen atoms in total. The smallest absolute Gasteiger partial charge is 0.337 e. The average Bonchev–Trinajstić information content (AvgIpc) is 2.90. The molecule has 0 aliphatic heterocycles. The van der Waals surface area contributed by atoms with E-state index in [1.165, 1.54) is 23.7 Å². The highest BCUT2D eigenvalue weighted by atomic mass is 32.1. The lowest BCUT2D eigenvalue weighted by Crippen LogP contribution is -2.03. The van der Waals surface area contributed by atoms with Crippen LogP contribution in [0.15, 0.2) is 36.5 Å². The Morgan fingerprint density at radius 2 is 2.14 bits per heavy atom. The van der Waals surface area contributed by atoms with E-state index in [-0.39, 0.29) is 11.3 Å². The van der Waals surface area contributed by atoms with Crippen LogP contribution in [0.4, 0.5) is 15.8 Å². The summed E-state index contributed by atoms with van der Waals surface area (Å²) in [7, 11) is 0. The number of aromatic nitrogens is 1. The molecule has 2 N–H and O–H groups in total. The highest BCUT2D eigenvalue weighted by molar-refractivity contribution is 7.14. The normalized spacial score (nSPS) is 10.8. The number of halogens is 1. The molecule has 1 aromatic heterocycles. The molecule has 0 saturated heterocycles. The number of benzene rings is 2. The van der Waals surface area contributed by atoms with Gasteiger partial charge in [0.2, 0.25) is 0 Å². The van der Waals surface area contributed by atoms with Crippen LogP contribution in [0.5, 0.6) is 0 Å². The van der Waals surface area contributed by atoms with Crippen molar-refractivity contribution in [3.05, 3.63) is 53.5 Å². The van der Waals surface area contributed by atoms with Crippen LogP contribution < -0.4 is 5.32 Å². The number of carboxylic acid groups (broad SMARTS) is 1. The van der Waals surface area contributed by atoms with Crippen LogP contribution in [0, 0.1) is 12.7 Å². The maximum absolute atomic E-state index is 14.0. The third-order valence-electron chi connectivity index (χ3n) is 3.14. The van der Waals surface area contributed by atoms with Gasteiger partial charge in [-0.2, -0.15) is 4.37 Å². The number of carboxylic acids is 1. The molecule has 106 valence electrons. The Morgan fingerprint density at radius 3 is 2.86 bits per heavy atom. The summed E-state index contributed by atoms with van der Waals surface area (Å²) >= 11 is 1.18. The molecular weight excluding hydrogens is 291 g/mol. The van der Waals surface area contributed by atoms with Crippen molar-refractivity contribution in [2.45, 2.75) is 6.92 Å². The lowest BCUT2D eigenvalue weighted by atomic mass is 10.1. The molecule has 0 aliphatic rings. The molecule has 21 heavy (non-hydrogen) atoms. The van der Waals surface area contributed by atoms with Gasteiger partial charge in [0.05, 0.1) is 21.6 Å². The zero-order valence-corrected chi connectivity index (χ0v) is 11.9. The second-order valence-electron chi connectivity index (χ2n) is 4.65. The van der Waals surface area contributed by atoms with Crippen LogP contribution in [-0.4, -0.2) is 15.4 Å². The summed E-state index contributed by atoms with van der Waals surface area (Å²) < 4.78 is 18.7. The standard InChI is InChI=1S/C15H11FN2O2S/c1-8-2-5-12(11(16)6-8)18-13-10(15(19)20)4-3-9-7-17-21-14(9)13/h2-7,18H,1H3,(H,19,20). The fourth-order valence-corrected chi connectivity index (χ4v) is 2.84. The Balaban J connectivity index is 2.16. The number of hydrogen-bond donors (Lipinski definition) is 2. The molecule has 2 aromatic carbocycles. The Morgan fingerprint density at radius 1 is 1.33 bits per heavy atom. The largest absolute Gasteiger partial charge is 0.478 e. The lowest BCUT2D eigenvalue weighted by Gasteiger charge is -2.11. The van der Waals surface area contributed by atoms with Crippen LogP contribution >= 0.6 is 11.5 Å². The van der Waals surface area contributed by atoms with Gasteiger partial charge in [-0.25, -0.2) is 9.18 Å². The second kappa shape index (κ2) is 5.14. The summed E-state index contributed by atoms with van der Waals surface area (Å²) in [4.78, 5) is 11.4. The lowest BCUT2D eigenvalue weighted by molar-refractivity contribution is 0.0698. The Bertz CT molecular complexity index is 845. The highest BCUT2D eigenvalue weighted by Gasteiger charge is 2.16. The first kappa shape index (κ1) is 13.5. The zero-order chi connectivity index (χ0) is 15.0. The number of nitrogens with one attached hydrogen (secondary N) is 1. The van der Waals surface area contributed by atoms with Gasteiger partial charge >= 0.3 is 5.97 Å². The molecule has 0 aliphatic carbocycles. The van der Waals surface area contributed by atoms with Crippen molar-refractivity contribution in [1.29, 1.82) is 0 Å². The van der Waals surface area contributed by atoms with E-state index in [9.17, 15) is 14.3 Å². The van der Waals surface area contributed by atoms with Crippen molar-refractivity contribution in [3.8, 4) is 0 Å². The van der Waals surface area contributed by atoms with Gasteiger partial charge in [0.1, 0.15) is 5.82 Å². The SMILES string of the molecule is Cc1ccc(Nc2c(C(=O)O)ccc3cnsc23)c(F)c1. The van der Waals surface area contributed by atoms with E-state index >= 15 is 0 Å². The molecule has 1 heterocycles. The van der Waals surface area contributed by atoms with Crippen molar-refractivity contribution in [2.75, 3.05) is 5.32 Å². The van der Waals surface area contributed by atoms with Gasteiger partial charge in [-0.3, -0.25) is 0 Å². The van der Waals surface area contributed by atoms with E-state index in [1.54, 1.807) is 31.3 Å². The fourth-order valence-electron chi connectivity index (χ4n) is 2.09. The number of rotatable bonds is 3. The number of aromatic carboxylic acids is 1. The number of anilines is 2. The number of fused-ring (bicyclic) bond motifs is 1. The number of aryl methyl sites for hydroxylation is 1. The first-order chi connectivity index (χ1) is 10.1.